The molecular formula is C23H32N2O3S. The number of nitrogens with one attached hydrogen (secondary N) is 2. The predicted molar refractivity (Wildman–Crippen MR) is 117 cm³/mol. The molecule has 0 amide bonds. The van der Waals surface area contributed by atoms with Gasteiger partial charge >= 0.3 is 0 Å². The van der Waals surface area contributed by atoms with Gasteiger partial charge in [0, 0.05) is 12.5 Å². The highest BCUT2D eigenvalue weighted by Crippen LogP contribution is 2.37. The molecule has 1 fully saturated rings. The first-order valence-electron chi connectivity index (χ1n) is 10.3. The minimum Gasteiger partial charge on any atom is -0.491 e. The van der Waals surface area contributed by atoms with Crippen molar-refractivity contribution in [1.29, 1.82) is 0 Å². The van der Waals surface area contributed by atoms with Crippen LogP contribution in [0.1, 0.15) is 62.5 Å². The van der Waals surface area contributed by atoms with Gasteiger partial charge in [-0.15, -0.1) is 0 Å². The van der Waals surface area contributed by atoms with E-state index in [4.69, 9.17) is 4.74 Å². The molecule has 2 N–H and O–H groups in total. The Morgan fingerprint density at radius 2 is 1.62 bits per heavy atom. The fourth-order valence-electron chi connectivity index (χ4n) is 3.78. The highest BCUT2D eigenvalue weighted by atomic mass is 32.2. The van der Waals surface area contributed by atoms with Gasteiger partial charge in [-0.3, -0.25) is 5.32 Å². The van der Waals surface area contributed by atoms with Crippen LogP contribution in [-0.2, 0) is 16.6 Å². The normalized spacial score (nSPS) is 23.6. The van der Waals surface area contributed by atoms with Crippen molar-refractivity contribution >= 4 is 10.0 Å². The van der Waals surface area contributed by atoms with Crippen molar-refractivity contribution in [2.45, 2.75) is 64.6 Å². The van der Waals surface area contributed by atoms with Gasteiger partial charge in [-0.25, -0.2) is 8.42 Å². The van der Waals surface area contributed by atoms with Gasteiger partial charge in [0.25, 0.3) is 0 Å². The van der Waals surface area contributed by atoms with Gasteiger partial charge in [-0.2, -0.15) is 4.72 Å². The second-order valence-electron chi connectivity index (χ2n) is 8.43. The third-order valence-corrected chi connectivity index (χ3v) is 7.33. The fourth-order valence-corrected chi connectivity index (χ4v) is 5.82. The molecule has 2 aromatic rings. The third kappa shape index (κ3) is 5.18. The predicted octanol–water partition coefficient (Wildman–Crippen LogP) is 4.32. The standard InChI is InChI=1S/C23H32N2O3S/c1-15(2)19-8-10-20(11-9-19)22-17(5)23(25-29(22,26)27)24-14-18-6-12-21(13-7-18)28-16(3)4/h6-13,15-17,22-25H,14H2,1-5H3. The molecule has 5 nitrogen and oxygen atoms in total. The summed E-state index contributed by atoms with van der Waals surface area (Å²) in [6.45, 7) is 10.8. The van der Waals surface area contributed by atoms with Gasteiger partial charge in [0.1, 0.15) is 11.0 Å². The summed E-state index contributed by atoms with van der Waals surface area (Å²) in [5, 5.41) is 2.81. The molecule has 158 valence electrons. The van der Waals surface area contributed by atoms with Crippen LogP contribution >= 0.6 is 0 Å². The Bertz CT molecular complexity index is 906. The van der Waals surface area contributed by atoms with Crippen molar-refractivity contribution in [3.8, 4) is 5.75 Å². The van der Waals surface area contributed by atoms with Crippen LogP contribution in [0.3, 0.4) is 0 Å². The topological polar surface area (TPSA) is 67.4 Å². The molecule has 3 rings (SSSR count). The van der Waals surface area contributed by atoms with Crippen LogP contribution in [0.2, 0.25) is 0 Å². The van der Waals surface area contributed by atoms with Crippen molar-refractivity contribution in [1.82, 2.24) is 10.0 Å². The van der Waals surface area contributed by atoms with E-state index in [1.54, 1.807) is 0 Å². The summed E-state index contributed by atoms with van der Waals surface area (Å²) < 4.78 is 34.1. The third-order valence-electron chi connectivity index (χ3n) is 5.38. The Hall–Kier alpha value is -1.89. The number of hydrogen-bond donors (Lipinski definition) is 2. The van der Waals surface area contributed by atoms with E-state index in [0.717, 1.165) is 16.9 Å². The zero-order valence-corrected chi connectivity index (χ0v) is 18.7. The van der Waals surface area contributed by atoms with Gasteiger partial charge in [0.15, 0.2) is 0 Å². The molecular weight excluding hydrogens is 384 g/mol. The van der Waals surface area contributed by atoms with Crippen LogP contribution in [0.5, 0.6) is 5.75 Å². The quantitative estimate of drug-likeness (QED) is 0.705. The van der Waals surface area contributed by atoms with Crippen molar-refractivity contribution in [2.24, 2.45) is 5.92 Å². The molecule has 1 saturated heterocycles. The van der Waals surface area contributed by atoms with E-state index in [1.165, 1.54) is 5.56 Å². The number of sulfonamides is 1. The lowest BCUT2D eigenvalue weighted by atomic mass is 9.95. The van der Waals surface area contributed by atoms with E-state index in [-0.39, 0.29) is 18.2 Å². The first kappa shape index (κ1) is 21.8. The largest absolute Gasteiger partial charge is 0.491 e. The van der Waals surface area contributed by atoms with Crippen LogP contribution in [0.25, 0.3) is 0 Å². The monoisotopic (exact) mass is 416 g/mol. The molecule has 0 aliphatic carbocycles. The Morgan fingerprint density at radius 1 is 1.00 bits per heavy atom. The lowest BCUT2D eigenvalue weighted by Crippen LogP contribution is -2.41. The SMILES string of the molecule is CC(C)Oc1ccc(CNC2NS(=O)(=O)C(c3ccc(C(C)C)cc3)C2C)cc1. The zero-order chi connectivity index (χ0) is 21.2. The van der Waals surface area contributed by atoms with E-state index in [0.29, 0.717) is 12.5 Å². The van der Waals surface area contributed by atoms with E-state index >= 15 is 0 Å². The summed E-state index contributed by atoms with van der Waals surface area (Å²) in [6.07, 6.45) is -0.166. The number of rotatable bonds is 7. The van der Waals surface area contributed by atoms with Gasteiger partial charge in [0.05, 0.1) is 12.3 Å². The second kappa shape index (κ2) is 8.86. The summed E-state index contributed by atoms with van der Waals surface area (Å²) in [4.78, 5) is 0. The molecule has 1 heterocycles. The van der Waals surface area contributed by atoms with E-state index in [9.17, 15) is 8.42 Å². The van der Waals surface area contributed by atoms with Gasteiger partial charge < -0.3 is 4.74 Å². The lowest BCUT2D eigenvalue weighted by Gasteiger charge is -2.19. The van der Waals surface area contributed by atoms with E-state index in [2.05, 4.69) is 23.9 Å². The minimum atomic E-state index is -3.43. The molecule has 3 unspecified atom stereocenters. The Labute approximate surface area is 174 Å². The summed E-state index contributed by atoms with van der Waals surface area (Å²) >= 11 is 0. The van der Waals surface area contributed by atoms with Crippen molar-refractivity contribution in [3.05, 3.63) is 65.2 Å². The second-order valence-corrected chi connectivity index (χ2v) is 10.3. The average Bonchev–Trinajstić information content (AvgIpc) is 2.89. The maximum absolute atomic E-state index is 12.8. The molecule has 0 aromatic heterocycles. The lowest BCUT2D eigenvalue weighted by molar-refractivity contribution is 0.242. The zero-order valence-electron chi connectivity index (χ0n) is 17.8. The van der Waals surface area contributed by atoms with E-state index in [1.807, 2.05) is 69.3 Å². The summed E-state index contributed by atoms with van der Waals surface area (Å²) in [7, 11) is -3.43. The molecule has 1 aliphatic heterocycles. The van der Waals surface area contributed by atoms with E-state index < -0.39 is 15.3 Å². The molecule has 0 saturated carbocycles. The average molecular weight is 417 g/mol. The van der Waals surface area contributed by atoms with Crippen LogP contribution in [0.4, 0.5) is 0 Å². The first-order chi connectivity index (χ1) is 13.7. The molecule has 3 atom stereocenters. The van der Waals surface area contributed by atoms with Gasteiger partial charge in [-0.1, -0.05) is 57.2 Å². The van der Waals surface area contributed by atoms with Crippen LogP contribution in [0, 0.1) is 5.92 Å². The maximum atomic E-state index is 12.8. The molecule has 2 aromatic carbocycles. The molecule has 6 heteroatoms. The summed E-state index contributed by atoms with van der Waals surface area (Å²) in [6, 6.07) is 15.9. The molecule has 0 spiro atoms. The molecule has 0 bridgehead atoms. The Kier molecular flexibility index (Phi) is 6.66. The molecule has 29 heavy (non-hydrogen) atoms. The smallest absolute Gasteiger partial charge is 0.220 e. The first-order valence-corrected chi connectivity index (χ1v) is 11.8. The van der Waals surface area contributed by atoms with Crippen LogP contribution in [0.15, 0.2) is 48.5 Å². The number of ether oxygens (including phenoxy) is 1. The molecule has 0 radical (unpaired) electrons. The van der Waals surface area contributed by atoms with Crippen molar-refractivity contribution in [2.75, 3.05) is 0 Å². The highest BCUT2D eigenvalue weighted by molar-refractivity contribution is 7.90. The van der Waals surface area contributed by atoms with Crippen molar-refractivity contribution < 1.29 is 13.2 Å². The number of benzene rings is 2. The molecule has 1 aliphatic rings. The van der Waals surface area contributed by atoms with Crippen LogP contribution in [-0.4, -0.2) is 20.7 Å². The minimum absolute atomic E-state index is 0.0894. The van der Waals surface area contributed by atoms with Crippen LogP contribution < -0.4 is 14.8 Å². The van der Waals surface area contributed by atoms with Gasteiger partial charge in [0.2, 0.25) is 10.0 Å². The van der Waals surface area contributed by atoms with Gasteiger partial charge in [-0.05, 0) is 48.6 Å². The maximum Gasteiger partial charge on any atom is 0.220 e. The Balaban J connectivity index is 1.67. The number of hydrogen-bond acceptors (Lipinski definition) is 4. The van der Waals surface area contributed by atoms with Crippen molar-refractivity contribution in [3.63, 3.8) is 0 Å². The summed E-state index contributed by atoms with van der Waals surface area (Å²) in [5.74, 6) is 1.17. The fraction of sp³-hybridized carbons (Fsp3) is 0.478. The Morgan fingerprint density at radius 3 is 2.17 bits per heavy atom. The summed E-state index contributed by atoms with van der Waals surface area (Å²) in [5.41, 5.74) is 3.13. The highest BCUT2D eigenvalue weighted by Gasteiger charge is 2.44.